The minimum absolute atomic E-state index is 0.396. The predicted molar refractivity (Wildman–Crippen MR) is 42.2 cm³/mol. The van der Waals surface area contributed by atoms with Crippen molar-refractivity contribution in [1.29, 1.82) is 0 Å². The third-order valence-electron chi connectivity index (χ3n) is 1.26. The fourth-order valence-corrected chi connectivity index (χ4v) is 0.942. The van der Waals surface area contributed by atoms with Crippen molar-refractivity contribution < 1.29 is 13.2 Å². The zero-order chi connectivity index (χ0) is 8.91. The van der Waals surface area contributed by atoms with Crippen LogP contribution < -0.4 is 5.14 Å². The van der Waals surface area contributed by atoms with E-state index in [1.165, 1.54) is 7.05 Å². The van der Waals surface area contributed by atoms with Crippen molar-refractivity contribution in [2.45, 2.75) is 6.42 Å². The van der Waals surface area contributed by atoms with Gasteiger partial charge < -0.3 is 4.74 Å². The largest absolute Gasteiger partial charge is 0.385 e. The van der Waals surface area contributed by atoms with E-state index in [1.807, 2.05) is 0 Å². The monoisotopic (exact) mass is 182 g/mol. The molecule has 0 unspecified atom stereocenters. The quantitative estimate of drug-likeness (QED) is 0.563. The zero-order valence-corrected chi connectivity index (χ0v) is 7.60. The number of rotatable bonds is 5. The maximum Gasteiger partial charge on any atom is 0.276 e. The lowest BCUT2D eigenvalue weighted by Crippen LogP contribution is -2.34. The summed E-state index contributed by atoms with van der Waals surface area (Å²) in [5, 5.41) is 4.82. The number of methoxy groups -OCH3 is 1. The van der Waals surface area contributed by atoms with Gasteiger partial charge in [0.15, 0.2) is 0 Å². The molecule has 0 spiro atoms. The molecule has 0 heterocycles. The summed E-state index contributed by atoms with van der Waals surface area (Å²) in [6.07, 6.45) is 0.656. The Morgan fingerprint density at radius 2 is 2.09 bits per heavy atom. The van der Waals surface area contributed by atoms with Crippen LogP contribution in [-0.2, 0) is 14.9 Å². The molecular formula is C5H14N2O3S. The summed E-state index contributed by atoms with van der Waals surface area (Å²) in [6.45, 7) is 0.937. The summed E-state index contributed by atoms with van der Waals surface area (Å²) in [4.78, 5) is 0. The van der Waals surface area contributed by atoms with Crippen molar-refractivity contribution in [3.63, 3.8) is 0 Å². The average Bonchev–Trinajstić information content (AvgIpc) is 1.86. The van der Waals surface area contributed by atoms with Crippen LogP contribution in [0.4, 0.5) is 0 Å². The smallest absolute Gasteiger partial charge is 0.276 e. The first-order chi connectivity index (χ1) is 4.98. The Morgan fingerprint density at radius 1 is 1.55 bits per heavy atom. The van der Waals surface area contributed by atoms with Gasteiger partial charge in [0, 0.05) is 27.3 Å². The van der Waals surface area contributed by atoms with Gasteiger partial charge >= 0.3 is 0 Å². The van der Waals surface area contributed by atoms with Crippen LogP contribution >= 0.6 is 0 Å². The zero-order valence-electron chi connectivity index (χ0n) is 6.78. The highest BCUT2D eigenvalue weighted by molar-refractivity contribution is 7.86. The van der Waals surface area contributed by atoms with Gasteiger partial charge in [-0.05, 0) is 6.42 Å². The molecule has 11 heavy (non-hydrogen) atoms. The maximum absolute atomic E-state index is 10.6. The molecule has 0 aliphatic carbocycles. The number of hydrogen-bond donors (Lipinski definition) is 1. The summed E-state index contributed by atoms with van der Waals surface area (Å²) >= 11 is 0. The summed E-state index contributed by atoms with van der Waals surface area (Å²) in [7, 11) is -0.504. The van der Waals surface area contributed by atoms with E-state index in [0.717, 1.165) is 4.31 Å². The lowest BCUT2D eigenvalue weighted by molar-refractivity contribution is 0.189. The molecule has 0 aliphatic rings. The van der Waals surface area contributed by atoms with Crippen molar-refractivity contribution in [2.24, 2.45) is 5.14 Å². The topological polar surface area (TPSA) is 72.6 Å². The Balaban J connectivity index is 3.62. The molecule has 0 amide bonds. The number of ether oxygens (including phenoxy) is 1. The van der Waals surface area contributed by atoms with Crippen molar-refractivity contribution in [3.8, 4) is 0 Å². The normalized spacial score (nSPS) is 12.4. The Bertz CT molecular complexity index is 190. The molecule has 0 fully saturated rings. The third-order valence-corrected chi connectivity index (χ3v) is 2.31. The van der Waals surface area contributed by atoms with E-state index in [1.54, 1.807) is 7.11 Å². The van der Waals surface area contributed by atoms with Gasteiger partial charge in [0.05, 0.1) is 0 Å². The van der Waals surface area contributed by atoms with E-state index in [-0.39, 0.29) is 0 Å². The number of hydrogen-bond acceptors (Lipinski definition) is 3. The average molecular weight is 182 g/mol. The van der Waals surface area contributed by atoms with Crippen molar-refractivity contribution in [2.75, 3.05) is 27.3 Å². The summed E-state index contributed by atoms with van der Waals surface area (Å²) in [5.41, 5.74) is 0. The molecule has 0 aromatic carbocycles. The first-order valence-corrected chi connectivity index (χ1v) is 4.72. The summed E-state index contributed by atoms with van der Waals surface area (Å²) < 4.78 is 27.0. The van der Waals surface area contributed by atoms with Gasteiger partial charge in [0.2, 0.25) is 0 Å². The molecule has 0 aromatic heterocycles. The Morgan fingerprint density at radius 3 is 2.45 bits per heavy atom. The van der Waals surface area contributed by atoms with Gasteiger partial charge in [0.1, 0.15) is 0 Å². The highest BCUT2D eigenvalue weighted by atomic mass is 32.2. The van der Waals surface area contributed by atoms with Crippen LogP contribution in [0, 0.1) is 0 Å². The van der Waals surface area contributed by atoms with E-state index in [2.05, 4.69) is 0 Å². The highest BCUT2D eigenvalue weighted by Gasteiger charge is 2.09. The Labute approximate surface area is 67.3 Å². The van der Waals surface area contributed by atoms with Crippen molar-refractivity contribution in [1.82, 2.24) is 4.31 Å². The van der Waals surface area contributed by atoms with Gasteiger partial charge in [-0.1, -0.05) is 0 Å². The number of nitrogens with two attached hydrogens (primary N) is 1. The van der Waals surface area contributed by atoms with Crippen molar-refractivity contribution >= 4 is 10.2 Å². The molecule has 0 saturated heterocycles. The second-order valence-corrected chi connectivity index (χ2v) is 3.87. The van der Waals surface area contributed by atoms with E-state index in [0.29, 0.717) is 19.6 Å². The molecule has 6 heteroatoms. The van der Waals surface area contributed by atoms with E-state index < -0.39 is 10.2 Å². The van der Waals surface area contributed by atoms with Crippen LogP contribution in [0.5, 0.6) is 0 Å². The SMILES string of the molecule is COCCCN(C)S(N)(=O)=O. The molecular weight excluding hydrogens is 168 g/mol. The second kappa shape index (κ2) is 4.66. The molecule has 0 rings (SSSR count). The molecule has 0 atom stereocenters. The first kappa shape index (κ1) is 10.8. The van der Waals surface area contributed by atoms with Crippen molar-refractivity contribution in [3.05, 3.63) is 0 Å². The predicted octanol–water partition coefficient (Wildman–Crippen LogP) is -0.842. The van der Waals surface area contributed by atoms with Gasteiger partial charge in [-0.15, -0.1) is 0 Å². The highest BCUT2D eigenvalue weighted by Crippen LogP contribution is 1.91. The molecule has 5 nitrogen and oxygen atoms in total. The van der Waals surface area contributed by atoms with Gasteiger partial charge in [-0.2, -0.15) is 12.7 Å². The molecule has 68 valence electrons. The molecule has 2 N–H and O–H groups in total. The van der Waals surface area contributed by atoms with E-state index in [4.69, 9.17) is 9.88 Å². The van der Waals surface area contributed by atoms with E-state index >= 15 is 0 Å². The first-order valence-electron chi connectivity index (χ1n) is 3.21. The molecule has 0 aliphatic heterocycles. The van der Waals surface area contributed by atoms with Crippen LogP contribution in [0.1, 0.15) is 6.42 Å². The van der Waals surface area contributed by atoms with Gasteiger partial charge in [-0.3, -0.25) is 0 Å². The fraction of sp³-hybridized carbons (Fsp3) is 1.00. The molecule has 0 saturated carbocycles. The van der Waals surface area contributed by atoms with Crippen LogP contribution in [0.2, 0.25) is 0 Å². The molecule has 0 aromatic rings. The van der Waals surface area contributed by atoms with E-state index in [9.17, 15) is 8.42 Å². The second-order valence-electron chi connectivity index (χ2n) is 2.21. The Kier molecular flexibility index (Phi) is 4.58. The van der Waals surface area contributed by atoms with Crippen LogP contribution in [0.3, 0.4) is 0 Å². The Hall–Kier alpha value is -0.170. The summed E-state index contributed by atoms with van der Waals surface area (Å²) in [5.74, 6) is 0. The number of nitrogens with zero attached hydrogens (tertiary/aromatic N) is 1. The fourth-order valence-electron chi connectivity index (χ4n) is 0.559. The van der Waals surface area contributed by atoms with Crippen LogP contribution in [0.25, 0.3) is 0 Å². The van der Waals surface area contributed by atoms with Crippen LogP contribution in [-0.4, -0.2) is 40.0 Å². The molecule has 0 radical (unpaired) electrons. The van der Waals surface area contributed by atoms with Gasteiger partial charge in [0.25, 0.3) is 10.2 Å². The minimum Gasteiger partial charge on any atom is -0.385 e. The lowest BCUT2D eigenvalue weighted by atomic mass is 10.5. The maximum atomic E-state index is 10.6. The summed E-state index contributed by atoms with van der Waals surface area (Å²) in [6, 6.07) is 0. The minimum atomic E-state index is -3.51. The van der Waals surface area contributed by atoms with Gasteiger partial charge in [-0.25, -0.2) is 5.14 Å². The standard InChI is InChI=1S/C5H14N2O3S/c1-7(11(6,8)9)4-3-5-10-2/h3-5H2,1-2H3,(H2,6,8,9). The molecule has 0 bridgehead atoms. The lowest BCUT2D eigenvalue weighted by Gasteiger charge is -2.12. The third kappa shape index (κ3) is 5.14. The van der Waals surface area contributed by atoms with Crippen LogP contribution in [0.15, 0.2) is 0 Å².